The van der Waals surface area contributed by atoms with Gasteiger partial charge in [0.2, 0.25) is 11.8 Å². The number of carbonyl (C=O) groups is 2. The van der Waals surface area contributed by atoms with Gasteiger partial charge in [0.25, 0.3) is 5.72 Å². The van der Waals surface area contributed by atoms with Gasteiger partial charge in [-0.2, -0.15) is 9.97 Å². The number of aliphatic carboxylic acids is 1. The number of carboxylic acids is 1. The van der Waals surface area contributed by atoms with E-state index in [0.717, 1.165) is 0 Å². The van der Waals surface area contributed by atoms with Gasteiger partial charge in [-0.05, 0) is 23.3 Å². The number of para-hydroxylation sites is 1. The summed E-state index contributed by atoms with van der Waals surface area (Å²) in [5.41, 5.74) is -0.725. The lowest BCUT2D eigenvalue weighted by atomic mass is 9.82. The number of nitrogens with zero attached hydrogens (tertiary/aromatic N) is 3. The Labute approximate surface area is 225 Å². The molecule has 1 aromatic heterocycles. The molecular weight excluding hydrogens is 500 g/mol. The average molecular weight is 529 g/mol. The third-order valence-electron chi connectivity index (χ3n) is 6.06. The van der Waals surface area contributed by atoms with Crippen molar-refractivity contribution in [1.82, 2.24) is 15.3 Å². The van der Waals surface area contributed by atoms with Crippen LogP contribution in [0, 0.1) is 0 Å². The molecule has 1 atom stereocenters. The first-order chi connectivity index (χ1) is 18.9. The van der Waals surface area contributed by atoms with Gasteiger partial charge in [0.05, 0.1) is 26.2 Å². The molecule has 3 aromatic carbocycles. The molecule has 10 nitrogen and oxygen atoms in total. The quantitative estimate of drug-likeness (QED) is 0.292. The van der Waals surface area contributed by atoms with Crippen LogP contribution < -0.4 is 24.4 Å². The second-order valence-electron chi connectivity index (χ2n) is 8.46. The van der Waals surface area contributed by atoms with E-state index in [4.69, 9.17) is 14.2 Å². The molecule has 0 saturated carbocycles. The lowest BCUT2D eigenvalue weighted by molar-refractivity contribution is -0.159. The second kappa shape index (κ2) is 12.0. The van der Waals surface area contributed by atoms with Gasteiger partial charge in [0.1, 0.15) is 0 Å². The molecule has 0 aliphatic carbocycles. The highest BCUT2D eigenvalue weighted by atomic mass is 16.6. The van der Waals surface area contributed by atoms with Crippen molar-refractivity contribution in [2.75, 3.05) is 26.2 Å². The van der Waals surface area contributed by atoms with Gasteiger partial charge >= 0.3 is 18.0 Å². The predicted molar refractivity (Wildman–Crippen MR) is 144 cm³/mol. The fourth-order valence-electron chi connectivity index (χ4n) is 4.12. The van der Waals surface area contributed by atoms with E-state index in [1.54, 1.807) is 72.8 Å². The van der Waals surface area contributed by atoms with Crippen molar-refractivity contribution in [1.29, 1.82) is 0 Å². The molecule has 0 unspecified atom stereocenters. The number of amides is 2. The molecule has 4 rings (SSSR count). The topological polar surface area (TPSA) is 123 Å². The normalized spacial score (nSPS) is 12.2. The number of aromatic nitrogens is 2. The molecule has 0 aliphatic rings. The van der Waals surface area contributed by atoms with Crippen LogP contribution in [0.1, 0.15) is 17.0 Å². The van der Waals surface area contributed by atoms with E-state index in [0.29, 0.717) is 16.8 Å². The van der Waals surface area contributed by atoms with E-state index in [-0.39, 0.29) is 17.8 Å². The molecule has 1 heterocycles. The molecule has 2 N–H and O–H groups in total. The van der Waals surface area contributed by atoms with Crippen LogP contribution in [0.4, 0.5) is 10.5 Å². The Morgan fingerprint density at radius 3 is 1.72 bits per heavy atom. The SMILES string of the molecule is COc1cc(OC)nc(O[C@@](NC(=O)N(C)c2ccccc2)(C(=O)O)C(c2ccccc2)c2ccccc2)n1. The number of hydrogen-bond donors (Lipinski definition) is 2. The molecule has 39 heavy (non-hydrogen) atoms. The highest BCUT2D eigenvalue weighted by molar-refractivity contribution is 5.95. The second-order valence-corrected chi connectivity index (χ2v) is 8.46. The molecule has 4 aromatic rings. The van der Waals surface area contributed by atoms with Crippen LogP contribution in [-0.4, -0.2) is 54.1 Å². The first-order valence-electron chi connectivity index (χ1n) is 12.0. The lowest BCUT2D eigenvalue weighted by Crippen LogP contribution is -2.64. The van der Waals surface area contributed by atoms with Gasteiger partial charge in [-0.25, -0.2) is 9.59 Å². The Balaban J connectivity index is 1.92. The van der Waals surface area contributed by atoms with Crippen LogP contribution in [-0.2, 0) is 4.79 Å². The van der Waals surface area contributed by atoms with Crippen molar-refractivity contribution in [2.45, 2.75) is 11.6 Å². The molecule has 0 radical (unpaired) electrons. The zero-order valence-corrected chi connectivity index (χ0v) is 21.6. The smallest absolute Gasteiger partial charge is 0.371 e. The summed E-state index contributed by atoms with van der Waals surface area (Å²) in [5.74, 6) is -2.34. The van der Waals surface area contributed by atoms with Gasteiger partial charge in [0, 0.05) is 12.7 Å². The van der Waals surface area contributed by atoms with Crippen LogP contribution in [0.5, 0.6) is 17.8 Å². The minimum Gasteiger partial charge on any atom is -0.481 e. The zero-order chi connectivity index (χ0) is 27.8. The number of benzene rings is 3. The highest BCUT2D eigenvalue weighted by Crippen LogP contribution is 2.37. The van der Waals surface area contributed by atoms with Crippen LogP contribution >= 0.6 is 0 Å². The van der Waals surface area contributed by atoms with Crippen molar-refractivity contribution in [3.8, 4) is 17.8 Å². The molecule has 0 spiro atoms. The maximum Gasteiger partial charge on any atom is 0.371 e. The zero-order valence-electron chi connectivity index (χ0n) is 21.6. The molecule has 200 valence electrons. The van der Waals surface area contributed by atoms with E-state index in [2.05, 4.69) is 15.3 Å². The third-order valence-corrected chi connectivity index (χ3v) is 6.06. The fraction of sp³-hybridized carbons (Fsp3) is 0.172. The minimum atomic E-state index is -2.42. The number of ether oxygens (including phenoxy) is 3. The number of rotatable bonds is 10. The van der Waals surface area contributed by atoms with E-state index < -0.39 is 23.6 Å². The Kier molecular flexibility index (Phi) is 8.25. The molecule has 0 fully saturated rings. The molecule has 0 aliphatic heterocycles. The fourth-order valence-corrected chi connectivity index (χ4v) is 4.12. The standard InChI is InChI=1S/C29H28N4O6/c1-33(22-17-11-6-12-18-22)28(36)32-29(26(34)35,39-27-30-23(37-2)19-24(31-27)38-3)25(20-13-7-4-8-14-20)21-15-9-5-10-16-21/h4-19,25H,1-3H3,(H,32,36)(H,34,35)/t29-/m1/s1. The maximum absolute atomic E-state index is 13.6. The van der Waals surface area contributed by atoms with Crippen LogP contribution in [0.3, 0.4) is 0 Å². The van der Waals surface area contributed by atoms with Gasteiger partial charge in [-0.15, -0.1) is 0 Å². The van der Waals surface area contributed by atoms with E-state index in [1.807, 2.05) is 18.2 Å². The van der Waals surface area contributed by atoms with Crippen LogP contribution in [0.2, 0.25) is 0 Å². The van der Waals surface area contributed by atoms with E-state index in [1.165, 1.54) is 32.2 Å². The molecule has 0 saturated heterocycles. The number of anilines is 1. The molecule has 10 heteroatoms. The summed E-state index contributed by atoms with van der Waals surface area (Å²) in [5, 5.41) is 13.5. The minimum absolute atomic E-state index is 0.0832. The molecular formula is C29H28N4O6. The monoisotopic (exact) mass is 528 g/mol. The van der Waals surface area contributed by atoms with Crippen molar-refractivity contribution in [3.63, 3.8) is 0 Å². The van der Waals surface area contributed by atoms with Gasteiger partial charge in [0.15, 0.2) is 0 Å². The van der Waals surface area contributed by atoms with E-state index in [9.17, 15) is 14.7 Å². The van der Waals surface area contributed by atoms with Crippen molar-refractivity contribution >= 4 is 17.7 Å². The Hall–Kier alpha value is -5.12. The highest BCUT2D eigenvalue weighted by Gasteiger charge is 2.53. The number of nitrogens with one attached hydrogen (secondary N) is 1. The number of hydrogen-bond acceptors (Lipinski definition) is 7. The van der Waals surface area contributed by atoms with Crippen molar-refractivity contribution in [2.24, 2.45) is 0 Å². The van der Waals surface area contributed by atoms with Crippen LogP contribution in [0.15, 0.2) is 97.1 Å². The summed E-state index contributed by atoms with van der Waals surface area (Å²) in [6.45, 7) is 0. The summed E-state index contributed by atoms with van der Waals surface area (Å²) in [4.78, 5) is 36.6. The summed E-state index contributed by atoms with van der Waals surface area (Å²) in [6.07, 6.45) is 0. The predicted octanol–water partition coefficient (Wildman–Crippen LogP) is 4.33. The molecule has 2 amide bonds. The van der Waals surface area contributed by atoms with Crippen molar-refractivity contribution < 1.29 is 28.9 Å². The average Bonchev–Trinajstić information content (AvgIpc) is 2.98. The summed E-state index contributed by atoms with van der Waals surface area (Å²) in [7, 11) is 4.31. The number of carbonyl (C=O) groups excluding carboxylic acids is 1. The third kappa shape index (κ3) is 5.90. The first kappa shape index (κ1) is 26.9. The lowest BCUT2D eigenvalue weighted by Gasteiger charge is -2.38. The maximum atomic E-state index is 13.6. The van der Waals surface area contributed by atoms with Gasteiger partial charge in [-0.1, -0.05) is 78.9 Å². The number of urea groups is 1. The van der Waals surface area contributed by atoms with Crippen molar-refractivity contribution in [3.05, 3.63) is 108 Å². The first-order valence-corrected chi connectivity index (χ1v) is 12.0. The van der Waals surface area contributed by atoms with Crippen LogP contribution in [0.25, 0.3) is 0 Å². The summed E-state index contributed by atoms with van der Waals surface area (Å²) < 4.78 is 16.6. The Morgan fingerprint density at radius 1 is 0.821 bits per heavy atom. The van der Waals surface area contributed by atoms with E-state index >= 15 is 0 Å². The number of carboxylic acid groups (broad SMARTS) is 1. The van der Waals surface area contributed by atoms with Gasteiger partial charge in [-0.3, -0.25) is 10.2 Å². The Bertz CT molecular complexity index is 1340. The number of methoxy groups -OCH3 is 2. The summed E-state index contributed by atoms with van der Waals surface area (Å²) >= 11 is 0. The molecule has 0 bridgehead atoms. The largest absolute Gasteiger partial charge is 0.481 e. The Morgan fingerprint density at radius 2 is 1.28 bits per heavy atom. The van der Waals surface area contributed by atoms with Gasteiger partial charge < -0.3 is 19.3 Å². The summed E-state index contributed by atoms with van der Waals surface area (Å²) in [6, 6.07) is 26.9.